The molecule has 0 N–H and O–H groups in total. The van der Waals surface area contributed by atoms with Gasteiger partial charge in [0.25, 0.3) is 0 Å². The Bertz CT molecular complexity index is 394. The molecule has 100 valence electrons. The third kappa shape index (κ3) is 3.38. The van der Waals surface area contributed by atoms with Crippen molar-refractivity contribution in [1.82, 2.24) is 15.2 Å². The van der Waals surface area contributed by atoms with Gasteiger partial charge in [0.1, 0.15) is 0 Å². The molecule has 0 atom stereocenters. The largest absolute Gasteiger partial charge is 0.377 e. The van der Waals surface area contributed by atoms with Gasteiger partial charge in [0.2, 0.25) is 5.95 Å². The molecule has 0 aromatic carbocycles. The van der Waals surface area contributed by atoms with Gasteiger partial charge in [0, 0.05) is 18.4 Å². The van der Waals surface area contributed by atoms with Gasteiger partial charge in [-0.15, -0.1) is 5.10 Å². The number of halogens is 1. The molecular weight excluding hydrogens is 296 g/mol. The number of rotatable bonds is 4. The summed E-state index contributed by atoms with van der Waals surface area (Å²) in [5.41, 5.74) is 1.85. The molecule has 1 aromatic rings. The van der Waals surface area contributed by atoms with Crippen LogP contribution in [-0.2, 0) is 4.74 Å². The molecule has 1 saturated heterocycles. The third-order valence-electron chi connectivity index (χ3n) is 3.24. The maximum absolute atomic E-state index is 5.73. The SMILES string of the molecule is Cc1nnc(N2CCC(OCCBr)CC2)nc1C. The summed E-state index contributed by atoms with van der Waals surface area (Å²) in [4.78, 5) is 6.68. The summed E-state index contributed by atoms with van der Waals surface area (Å²) < 4.78 is 5.73. The van der Waals surface area contributed by atoms with Crippen molar-refractivity contribution in [3.8, 4) is 0 Å². The molecule has 1 aliphatic rings. The van der Waals surface area contributed by atoms with Crippen LogP contribution in [0, 0.1) is 13.8 Å². The lowest BCUT2D eigenvalue weighted by Crippen LogP contribution is -2.38. The van der Waals surface area contributed by atoms with Crippen LogP contribution < -0.4 is 4.90 Å². The summed E-state index contributed by atoms with van der Waals surface area (Å²) in [6.07, 6.45) is 2.44. The van der Waals surface area contributed by atoms with E-state index in [9.17, 15) is 0 Å². The molecule has 0 amide bonds. The molecule has 0 aliphatic carbocycles. The molecule has 0 saturated carbocycles. The number of aromatic nitrogens is 3. The molecule has 0 radical (unpaired) electrons. The molecule has 2 rings (SSSR count). The van der Waals surface area contributed by atoms with Crippen LogP contribution in [0.2, 0.25) is 0 Å². The lowest BCUT2D eigenvalue weighted by Gasteiger charge is -2.31. The summed E-state index contributed by atoms with van der Waals surface area (Å²) in [6, 6.07) is 0. The van der Waals surface area contributed by atoms with Crippen molar-refractivity contribution in [1.29, 1.82) is 0 Å². The highest BCUT2D eigenvalue weighted by Crippen LogP contribution is 2.18. The Hall–Kier alpha value is -0.750. The number of aryl methyl sites for hydroxylation is 2. The van der Waals surface area contributed by atoms with Crippen molar-refractivity contribution in [2.75, 3.05) is 29.9 Å². The average molecular weight is 315 g/mol. The van der Waals surface area contributed by atoms with Gasteiger partial charge < -0.3 is 9.64 Å². The zero-order valence-electron chi connectivity index (χ0n) is 10.9. The third-order valence-corrected chi connectivity index (χ3v) is 3.56. The number of hydrogen-bond donors (Lipinski definition) is 0. The zero-order valence-corrected chi connectivity index (χ0v) is 12.5. The Morgan fingerprint density at radius 1 is 1.22 bits per heavy atom. The van der Waals surface area contributed by atoms with Gasteiger partial charge in [0.05, 0.1) is 24.1 Å². The minimum Gasteiger partial charge on any atom is -0.377 e. The van der Waals surface area contributed by atoms with E-state index in [0.717, 1.165) is 55.2 Å². The fourth-order valence-electron chi connectivity index (χ4n) is 2.01. The monoisotopic (exact) mass is 314 g/mol. The van der Waals surface area contributed by atoms with Gasteiger partial charge in [-0.05, 0) is 26.7 Å². The van der Waals surface area contributed by atoms with E-state index < -0.39 is 0 Å². The normalized spacial score (nSPS) is 17.2. The Morgan fingerprint density at radius 3 is 2.56 bits per heavy atom. The van der Waals surface area contributed by atoms with Crippen molar-refractivity contribution in [2.45, 2.75) is 32.8 Å². The molecule has 1 aromatic heterocycles. The molecule has 2 heterocycles. The van der Waals surface area contributed by atoms with Crippen LogP contribution in [-0.4, -0.2) is 46.3 Å². The summed E-state index contributed by atoms with van der Waals surface area (Å²) in [7, 11) is 0. The fourth-order valence-corrected chi connectivity index (χ4v) is 2.20. The number of alkyl halides is 1. The Balaban J connectivity index is 1.90. The Morgan fingerprint density at radius 2 is 1.94 bits per heavy atom. The van der Waals surface area contributed by atoms with E-state index in [1.165, 1.54) is 0 Å². The first-order chi connectivity index (χ1) is 8.70. The molecule has 0 spiro atoms. The molecule has 1 aliphatic heterocycles. The van der Waals surface area contributed by atoms with Crippen molar-refractivity contribution >= 4 is 21.9 Å². The summed E-state index contributed by atoms with van der Waals surface area (Å²) in [5.74, 6) is 0.747. The van der Waals surface area contributed by atoms with E-state index in [1.807, 2.05) is 13.8 Å². The molecule has 0 bridgehead atoms. The van der Waals surface area contributed by atoms with Crippen LogP contribution >= 0.6 is 15.9 Å². The van der Waals surface area contributed by atoms with Crippen LogP contribution in [0.3, 0.4) is 0 Å². The number of hydrogen-bond acceptors (Lipinski definition) is 5. The smallest absolute Gasteiger partial charge is 0.245 e. The average Bonchev–Trinajstić information content (AvgIpc) is 2.40. The van der Waals surface area contributed by atoms with Crippen LogP contribution in [0.1, 0.15) is 24.2 Å². The first-order valence-electron chi connectivity index (χ1n) is 6.31. The van der Waals surface area contributed by atoms with Gasteiger partial charge in [0.15, 0.2) is 0 Å². The Kier molecular flexibility index (Phi) is 4.88. The highest BCUT2D eigenvalue weighted by molar-refractivity contribution is 9.09. The second kappa shape index (κ2) is 6.43. The van der Waals surface area contributed by atoms with E-state index in [2.05, 4.69) is 36.0 Å². The molecular formula is C12H19BrN4O. The number of anilines is 1. The summed E-state index contributed by atoms with van der Waals surface area (Å²) in [6.45, 7) is 6.57. The van der Waals surface area contributed by atoms with Crippen LogP contribution in [0.5, 0.6) is 0 Å². The molecule has 6 heteroatoms. The maximum Gasteiger partial charge on any atom is 0.245 e. The van der Waals surface area contributed by atoms with E-state index in [0.29, 0.717) is 6.10 Å². The van der Waals surface area contributed by atoms with Crippen LogP contribution in [0.25, 0.3) is 0 Å². The van der Waals surface area contributed by atoms with Gasteiger partial charge in [-0.25, -0.2) is 4.98 Å². The van der Waals surface area contributed by atoms with Crippen molar-refractivity contribution in [2.24, 2.45) is 0 Å². The minimum atomic E-state index is 0.373. The minimum absolute atomic E-state index is 0.373. The summed E-state index contributed by atoms with van der Waals surface area (Å²) in [5, 5.41) is 9.20. The lowest BCUT2D eigenvalue weighted by atomic mass is 10.1. The number of nitrogens with zero attached hydrogens (tertiary/aromatic N) is 4. The van der Waals surface area contributed by atoms with Gasteiger partial charge in [-0.3, -0.25) is 0 Å². The predicted molar refractivity (Wildman–Crippen MR) is 74.3 cm³/mol. The topological polar surface area (TPSA) is 51.1 Å². The highest BCUT2D eigenvalue weighted by atomic mass is 79.9. The highest BCUT2D eigenvalue weighted by Gasteiger charge is 2.21. The second-order valence-electron chi connectivity index (χ2n) is 4.53. The van der Waals surface area contributed by atoms with E-state index in [4.69, 9.17) is 4.74 Å². The molecule has 1 fully saturated rings. The predicted octanol–water partition coefficient (Wildman–Crippen LogP) is 1.87. The first kappa shape index (κ1) is 13.7. The quantitative estimate of drug-likeness (QED) is 0.794. The van der Waals surface area contributed by atoms with Crippen LogP contribution in [0.4, 0.5) is 5.95 Å². The molecule has 5 nitrogen and oxygen atoms in total. The van der Waals surface area contributed by atoms with Crippen LogP contribution in [0.15, 0.2) is 0 Å². The van der Waals surface area contributed by atoms with Crippen molar-refractivity contribution in [3.05, 3.63) is 11.4 Å². The maximum atomic E-state index is 5.73. The zero-order chi connectivity index (χ0) is 13.0. The number of ether oxygens (including phenoxy) is 1. The van der Waals surface area contributed by atoms with E-state index in [1.54, 1.807) is 0 Å². The Labute approximate surface area is 116 Å². The van der Waals surface area contributed by atoms with E-state index >= 15 is 0 Å². The van der Waals surface area contributed by atoms with Crippen molar-refractivity contribution < 1.29 is 4.74 Å². The lowest BCUT2D eigenvalue weighted by molar-refractivity contribution is 0.0478. The number of piperidine rings is 1. The van der Waals surface area contributed by atoms with Gasteiger partial charge >= 0.3 is 0 Å². The van der Waals surface area contributed by atoms with Gasteiger partial charge in [-0.1, -0.05) is 15.9 Å². The fraction of sp³-hybridized carbons (Fsp3) is 0.750. The first-order valence-corrected chi connectivity index (χ1v) is 7.43. The van der Waals surface area contributed by atoms with E-state index in [-0.39, 0.29) is 0 Å². The standard InChI is InChI=1S/C12H19BrN4O/c1-9-10(2)15-16-12(14-9)17-6-3-11(4-7-17)18-8-5-13/h11H,3-8H2,1-2H3. The van der Waals surface area contributed by atoms with Gasteiger partial charge in [-0.2, -0.15) is 5.10 Å². The second-order valence-corrected chi connectivity index (χ2v) is 5.32. The van der Waals surface area contributed by atoms with Crippen molar-refractivity contribution in [3.63, 3.8) is 0 Å². The molecule has 18 heavy (non-hydrogen) atoms. The summed E-state index contributed by atoms with van der Waals surface area (Å²) >= 11 is 3.38. The molecule has 0 unspecified atom stereocenters.